The second-order valence-corrected chi connectivity index (χ2v) is 5.26. The number of carbonyl (C=O) groups is 2. The molecule has 2 saturated heterocycles. The number of aliphatic hydroxyl groups is 6. The molecule has 2 rings (SSSR count). The van der Waals surface area contributed by atoms with Gasteiger partial charge in [0.1, 0.15) is 30.5 Å². The number of rotatable bonds is 5. The zero-order valence-electron chi connectivity index (χ0n) is 11.8. The van der Waals surface area contributed by atoms with Crippen molar-refractivity contribution < 1.29 is 54.4 Å². The normalized spacial score (nSPS) is 42.6. The predicted octanol–water partition coefficient (Wildman–Crippen LogP) is -4.98. The molecule has 0 amide bonds. The molecule has 132 valence electrons. The van der Waals surface area contributed by atoms with Crippen LogP contribution in [0.25, 0.3) is 0 Å². The molecule has 23 heavy (non-hydrogen) atoms. The van der Waals surface area contributed by atoms with Crippen LogP contribution in [0.3, 0.4) is 0 Å². The van der Waals surface area contributed by atoms with Crippen molar-refractivity contribution in [1.29, 1.82) is 0 Å². The maximum Gasteiger partial charge on any atom is 0.344 e. The van der Waals surface area contributed by atoms with Gasteiger partial charge in [0.25, 0.3) is 0 Å². The number of esters is 1. The van der Waals surface area contributed by atoms with Crippen LogP contribution in [0.4, 0.5) is 0 Å². The third-order valence-corrected chi connectivity index (χ3v) is 3.65. The van der Waals surface area contributed by atoms with E-state index in [2.05, 4.69) is 4.74 Å². The lowest BCUT2D eigenvalue weighted by molar-refractivity contribution is -0.289. The van der Waals surface area contributed by atoms with E-state index >= 15 is 0 Å². The molecule has 0 bridgehead atoms. The molecule has 2 aliphatic rings. The van der Waals surface area contributed by atoms with Crippen molar-refractivity contribution in [3.05, 3.63) is 0 Å². The summed E-state index contributed by atoms with van der Waals surface area (Å²) in [7, 11) is 0. The van der Waals surface area contributed by atoms with Gasteiger partial charge in [0, 0.05) is 0 Å². The Morgan fingerprint density at radius 3 is 2.35 bits per heavy atom. The average molecular weight is 338 g/mol. The first kappa shape index (κ1) is 18.2. The zero-order valence-corrected chi connectivity index (χ0v) is 11.8. The minimum atomic E-state index is -1.78. The fourth-order valence-corrected chi connectivity index (χ4v) is 2.28. The molecule has 8 atom stereocenters. The van der Waals surface area contributed by atoms with E-state index in [1.807, 2.05) is 0 Å². The first-order valence-electron chi connectivity index (χ1n) is 6.80. The SMILES string of the molecule is O=C1O[C@H](C(O)CO)C(=O)C1OC[C@H]1O[C@H](O)[C@H](O)[C@@H](O)[C@H]1O. The van der Waals surface area contributed by atoms with Gasteiger partial charge < -0.3 is 44.8 Å². The van der Waals surface area contributed by atoms with Crippen molar-refractivity contribution in [1.82, 2.24) is 0 Å². The van der Waals surface area contributed by atoms with Crippen LogP contribution in [-0.4, -0.2) is 105 Å². The van der Waals surface area contributed by atoms with Crippen LogP contribution >= 0.6 is 0 Å². The molecule has 11 heteroatoms. The quantitative estimate of drug-likeness (QED) is 0.208. The summed E-state index contributed by atoms with van der Waals surface area (Å²) in [6, 6.07) is 0. The van der Waals surface area contributed by atoms with Crippen molar-refractivity contribution >= 4 is 11.8 Å². The second-order valence-electron chi connectivity index (χ2n) is 5.26. The largest absolute Gasteiger partial charge is 0.449 e. The van der Waals surface area contributed by atoms with Crippen molar-refractivity contribution in [3.63, 3.8) is 0 Å². The lowest BCUT2D eigenvalue weighted by Gasteiger charge is -2.38. The van der Waals surface area contributed by atoms with Gasteiger partial charge in [0.05, 0.1) is 13.2 Å². The summed E-state index contributed by atoms with van der Waals surface area (Å²) < 4.78 is 14.4. The highest BCUT2D eigenvalue weighted by Gasteiger charge is 2.49. The number of ketones is 1. The van der Waals surface area contributed by atoms with Gasteiger partial charge in [-0.1, -0.05) is 0 Å². The predicted molar refractivity (Wildman–Crippen MR) is 66.6 cm³/mol. The molecule has 0 spiro atoms. The maximum atomic E-state index is 11.9. The van der Waals surface area contributed by atoms with Gasteiger partial charge in [-0.3, -0.25) is 4.79 Å². The van der Waals surface area contributed by atoms with Crippen molar-refractivity contribution in [2.45, 2.75) is 49.0 Å². The van der Waals surface area contributed by atoms with Gasteiger partial charge in [0.2, 0.25) is 11.9 Å². The van der Waals surface area contributed by atoms with Gasteiger partial charge >= 0.3 is 5.97 Å². The molecule has 0 aromatic rings. The van der Waals surface area contributed by atoms with Gasteiger partial charge in [0.15, 0.2) is 12.4 Å². The molecule has 2 heterocycles. The summed E-state index contributed by atoms with van der Waals surface area (Å²) in [5.41, 5.74) is 0. The van der Waals surface area contributed by atoms with Crippen LogP contribution < -0.4 is 0 Å². The standard InChI is InChI=1S/C12H18O11/c13-1-3(14)9-8(18)10(12(20)23-9)21-2-4-5(15)6(16)7(17)11(19)22-4/h3-7,9-11,13-17,19H,1-2H2/t3?,4-,5+,6+,7-,9-,10?,11+/m1/s1. The Kier molecular flexibility index (Phi) is 5.65. The van der Waals surface area contributed by atoms with E-state index in [1.54, 1.807) is 0 Å². The van der Waals surface area contributed by atoms with Crippen LogP contribution in [0.15, 0.2) is 0 Å². The number of ether oxygens (including phenoxy) is 3. The third kappa shape index (κ3) is 3.51. The number of cyclic esters (lactones) is 1. The summed E-state index contributed by atoms with van der Waals surface area (Å²) in [5, 5.41) is 56.0. The molecule has 0 saturated carbocycles. The van der Waals surface area contributed by atoms with E-state index < -0.39 is 74.0 Å². The Labute approximate surface area is 129 Å². The second kappa shape index (κ2) is 7.15. The molecule has 0 aliphatic carbocycles. The summed E-state index contributed by atoms with van der Waals surface area (Å²) in [4.78, 5) is 23.4. The molecule has 0 aromatic heterocycles. The first-order chi connectivity index (χ1) is 10.8. The molecular formula is C12H18O11. The molecule has 0 radical (unpaired) electrons. The van der Waals surface area contributed by atoms with Crippen molar-refractivity contribution in [2.24, 2.45) is 0 Å². The fourth-order valence-electron chi connectivity index (χ4n) is 2.28. The van der Waals surface area contributed by atoms with Gasteiger partial charge in [-0.25, -0.2) is 4.79 Å². The van der Waals surface area contributed by atoms with Crippen molar-refractivity contribution in [3.8, 4) is 0 Å². The zero-order chi connectivity index (χ0) is 17.3. The highest BCUT2D eigenvalue weighted by Crippen LogP contribution is 2.22. The minimum Gasteiger partial charge on any atom is -0.449 e. The average Bonchev–Trinajstić information content (AvgIpc) is 2.81. The molecule has 11 nitrogen and oxygen atoms in total. The molecule has 6 N–H and O–H groups in total. The Hall–Kier alpha value is -1.18. The molecule has 2 aliphatic heterocycles. The highest BCUT2D eigenvalue weighted by atomic mass is 16.7. The third-order valence-electron chi connectivity index (χ3n) is 3.65. The first-order valence-corrected chi connectivity index (χ1v) is 6.80. The lowest BCUT2D eigenvalue weighted by atomic mass is 9.99. The van der Waals surface area contributed by atoms with Crippen molar-refractivity contribution in [2.75, 3.05) is 13.2 Å². The monoisotopic (exact) mass is 338 g/mol. The highest BCUT2D eigenvalue weighted by molar-refractivity contribution is 6.09. The van der Waals surface area contributed by atoms with Crippen LogP contribution in [0.5, 0.6) is 0 Å². The van der Waals surface area contributed by atoms with Crippen LogP contribution in [0.1, 0.15) is 0 Å². The number of Topliss-reactive ketones (excluding diaryl/α,β-unsaturated/α-hetero) is 1. The Morgan fingerprint density at radius 1 is 1.09 bits per heavy atom. The topological polar surface area (TPSA) is 183 Å². The smallest absolute Gasteiger partial charge is 0.344 e. The Bertz CT molecular complexity index is 454. The van der Waals surface area contributed by atoms with E-state index in [-0.39, 0.29) is 0 Å². The number of hydrogen-bond acceptors (Lipinski definition) is 11. The van der Waals surface area contributed by atoms with Crippen LogP contribution in [0, 0.1) is 0 Å². The molecule has 2 fully saturated rings. The minimum absolute atomic E-state index is 0.574. The van der Waals surface area contributed by atoms with E-state index in [0.717, 1.165) is 0 Å². The summed E-state index contributed by atoms with van der Waals surface area (Å²) in [6.07, 6.45) is -13.0. The summed E-state index contributed by atoms with van der Waals surface area (Å²) in [5.74, 6) is -2.00. The van der Waals surface area contributed by atoms with Gasteiger partial charge in [-0.15, -0.1) is 0 Å². The van der Waals surface area contributed by atoms with E-state index in [4.69, 9.17) is 14.6 Å². The Balaban J connectivity index is 1.95. The molecule has 0 aromatic carbocycles. The number of aliphatic hydroxyl groups excluding tert-OH is 6. The van der Waals surface area contributed by atoms with E-state index in [1.165, 1.54) is 0 Å². The fraction of sp³-hybridized carbons (Fsp3) is 0.833. The van der Waals surface area contributed by atoms with Gasteiger partial charge in [-0.05, 0) is 0 Å². The summed E-state index contributed by atoms with van der Waals surface area (Å²) >= 11 is 0. The van der Waals surface area contributed by atoms with E-state index in [9.17, 15) is 35.1 Å². The molecule has 2 unspecified atom stereocenters. The maximum absolute atomic E-state index is 11.9. The van der Waals surface area contributed by atoms with Gasteiger partial charge in [-0.2, -0.15) is 0 Å². The summed E-state index contributed by atoms with van der Waals surface area (Å²) in [6.45, 7) is -1.37. The number of carbonyl (C=O) groups excluding carboxylic acids is 2. The molecular weight excluding hydrogens is 320 g/mol. The Morgan fingerprint density at radius 2 is 1.74 bits per heavy atom. The van der Waals surface area contributed by atoms with E-state index in [0.29, 0.717) is 0 Å². The lowest BCUT2D eigenvalue weighted by Crippen LogP contribution is -2.59. The van der Waals surface area contributed by atoms with Crippen LogP contribution in [0.2, 0.25) is 0 Å². The van der Waals surface area contributed by atoms with Crippen LogP contribution in [-0.2, 0) is 23.8 Å². The number of hydrogen-bond donors (Lipinski definition) is 6.